The fourth-order valence-corrected chi connectivity index (χ4v) is 3.37. The highest BCUT2D eigenvalue weighted by atomic mass is 35.5. The standard InChI is InChI=1S/C11H15Cl3N2O2S/c1-7(2)15-3-4-19(17,18)16-11-9(13)5-8(12)6-10(11)14/h5-7,15-16H,3-4H2,1-2H3. The fourth-order valence-electron chi connectivity index (χ4n) is 1.33. The molecule has 0 aliphatic heterocycles. The van der Waals surface area contributed by atoms with Gasteiger partial charge in [0.05, 0.1) is 21.5 Å². The molecule has 0 spiro atoms. The molecule has 0 amide bonds. The van der Waals surface area contributed by atoms with Crippen molar-refractivity contribution >= 4 is 50.5 Å². The van der Waals surface area contributed by atoms with Gasteiger partial charge in [0.1, 0.15) is 0 Å². The molecule has 1 aromatic carbocycles. The summed E-state index contributed by atoms with van der Waals surface area (Å²) in [4.78, 5) is 0. The van der Waals surface area contributed by atoms with Gasteiger partial charge in [-0.05, 0) is 12.1 Å². The predicted molar refractivity (Wildman–Crippen MR) is 82.0 cm³/mol. The first-order chi connectivity index (χ1) is 8.71. The minimum absolute atomic E-state index is 0.0690. The lowest BCUT2D eigenvalue weighted by atomic mass is 10.3. The van der Waals surface area contributed by atoms with Gasteiger partial charge in [-0.15, -0.1) is 0 Å². The Labute approximate surface area is 128 Å². The maximum atomic E-state index is 11.9. The summed E-state index contributed by atoms with van der Waals surface area (Å²) in [5.41, 5.74) is 0.150. The van der Waals surface area contributed by atoms with Crippen LogP contribution in [0.15, 0.2) is 12.1 Å². The first-order valence-corrected chi connectivity index (χ1v) is 8.38. The fraction of sp³-hybridized carbons (Fsp3) is 0.455. The lowest BCUT2D eigenvalue weighted by Gasteiger charge is -2.13. The normalized spacial score (nSPS) is 11.9. The van der Waals surface area contributed by atoms with Gasteiger partial charge in [-0.25, -0.2) is 8.42 Å². The molecule has 1 rings (SSSR count). The van der Waals surface area contributed by atoms with Crippen LogP contribution in [0.25, 0.3) is 0 Å². The number of hydrogen-bond donors (Lipinski definition) is 2. The number of rotatable bonds is 6. The minimum Gasteiger partial charge on any atom is -0.313 e. The third kappa shape index (κ3) is 5.75. The summed E-state index contributed by atoms with van der Waals surface area (Å²) in [6.45, 7) is 4.22. The Bertz CT molecular complexity index is 524. The second-order valence-electron chi connectivity index (χ2n) is 4.27. The van der Waals surface area contributed by atoms with Crippen LogP contribution in [0.3, 0.4) is 0 Å². The Hall–Kier alpha value is -0.200. The molecule has 0 bridgehead atoms. The molecule has 0 saturated heterocycles. The van der Waals surface area contributed by atoms with Crippen molar-refractivity contribution in [1.29, 1.82) is 0 Å². The number of halogens is 3. The van der Waals surface area contributed by atoms with Gasteiger partial charge in [0, 0.05) is 17.6 Å². The maximum Gasteiger partial charge on any atom is 0.234 e. The van der Waals surface area contributed by atoms with Gasteiger partial charge < -0.3 is 5.32 Å². The highest BCUT2D eigenvalue weighted by molar-refractivity contribution is 7.92. The molecule has 0 heterocycles. The molecule has 8 heteroatoms. The number of benzene rings is 1. The van der Waals surface area contributed by atoms with Gasteiger partial charge in [-0.1, -0.05) is 48.7 Å². The topological polar surface area (TPSA) is 58.2 Å². The molecule has 2 N–H and O–H groups in total. The second-order valence-corrected chi connectivity index (χ2v) is 7.37. The van der Waals surface area contributed by atoms with E-state index in [1.54, 1.807) is 0 Å². The Morgan fingerprint density at radius 3 is 2.16 bits per heavy atom. The van der Waals surface area contributed by atoms with Crippen LogP contribution in [-0.4, -0.2) is 26.8 Å². The highest BCUT2D eigenvalue weighted by Gasteiger charge is 2.15. The van der Waals surface area contributed by atoms with Crippen molar-refractivity contribution in [2.24, 2.45) is 0 Å². The molecule has 0 aliphatic carbocycles. The van der Waals surface area contributed by atoms with E-state index in [2.05, 4.69) is 10.0 Å². The van der Waals surface area contributed by atoms with Crippen molar-refractivity contribution in [3.63, 3.8) is 0 Å². The van der Waals surface area contributed by atoms with Crippen molar-refractivity contribution < 1.29 is 8.42 Å². The van der Waals surface area contributed by atoms with Gasteiger partial charge in [-0.3, -0.25) is 4.72 Å². The molecule has 0 fully saturated rings. The van der Waals surface area contributed by atoms with E-state index in [1.807, 2.05) is 13.8 Å². The van der Waals surface area contributed by atoms with E-state index in [9.17, 15) is 8.42 Å². The number of nitrogens with one attached hydrogen (secondary N) is 2. The van der Waals surface area contributed by atoms with Gasteiger partial charge in [-0.2, -0.15) is 0 Å². The molecule has 0 saturated carbocycles. The van der Waals surface area contributed by atoms with Crippen LogP contribution in [0.5, 0.6) is 0 Å². The summed E-state index contributed by atoms with van der Waals surface area (Å²) in [5.74, 6) is -0.0690. The minimum atomic E-state index is -3.51. The van der Waals surface area contributed by atoms with E-state index < -0.39 is 10.0 Å². The van der Waals surface area contributed by atoms with E-state index >= 15 is 0 Å². The lowest BCUT2D eigenvalue weighted by Crippen LogP contribution is -2.31. The molecule has 0 atom stereocenters. The van der Waals surface area contributed by atoms with Crippen molar-refractivity contribution in [1.82, 2.24) is 5.32 Å². The molecular weight excluding hydrogens is 331 g/mol. The first-order valence-electron chi connectivity index (χ1n) is 5.59. The average molecular weight is 346 g/mol. The predicted octanol–water partition coefficient (Wildman–Crippen LogP) is 3.39. The van der Waals surface area contributed by atoms with Crippen LogP contribution in [0.4, 0.5) is 5.69 Å². The highest BCUT2D eigenvalue weighted by Crippen LogP contribution is 2.34. The van der Waals surface area contributed by atoms with Crippen LogP contribution < -0.4 is 10.0 Å². The van der Waals surface area contributed by atoms with Crippen LogP contribution in [0.2, 0.25) is 15.1 Å². The zero-order valence-corrected chi connectivity index (χ0v) is 13.6. The first kappa shape index (κ1) is 16.9. The van der Waals surface area contributed by atoms with Crippen molar-refractivity contribution in [3.05, 3.63) is 27.2 Å². The maximum absolute atomic E-state index is 11.9. The Kier molecular flexibility index (Phi) is 6.20. The Morgan fingerprint density at radius 1 is 1.16 bits per heavy atom. The third-order valence-electron chi connectivity index (χ3n) is 2.19. The summed E-state index contributed by atoms with van der Waals surface area (Å²) in [7, 11) is -3.51. The zero-order chi connectivity index (χ0) is 14.6. The molecule has 0 aromatic heterocycles. The monoisotopic (exact) mass is 344 g/mol. The average Bonchev–Trinajstić information content (AvgIpc) is 2.22. The van der Waals surface area contributed by atoms with Crippen LogP contribution in [0, 0.1) is 0 Å². The molecule has 108 valence electrons. The number of hydrogen-bond acceptors (Lipinski definition) is 3. The van der Waals surface area contributed by atoms with Crippen molar-refractivity contribution in [2.45, 2.75) is 19.9 Å². The molecule has 4 nitrogen and oxygen atoms in total. The molecule has 0 radical (unpaired) electrons. The summed E-state index contributed by atoms with van der Waals surface area (Å²) in [5, 5.41) is 3.70. The molecule has 19 heavy (non-hydrogen) atoms. The van der Waals surface area contributed by atoms with Gasteiger partial charge in [0.2, 0.25) is 10.0 Å². The quantitative estimate of drug-likeness (QED) is 0.831. The van der Waals surface area contributed by atoms with E-state index in [0.717, 1.165) is 0 Å². The molecule has 0 unspecified atom stereocenters. The smallest absolute Gasteiger partial charge is 0.234 e. The molecule has 0 aliphatic rings. The Balaban J connectivity index is 2.79. The van der Waals surface area contributed by atoms with E-state index in [0.29, 0.717) is 11.6 Å². The number of sulfonamides is 1. The zero-order valence-electron chi connectivity index (χ0n) is 10.5. The van der Waals surface area contributed by atoms with Gasteiger partial charge in [0.25, 0.3) is 0 Å². The second kappa shape index (κ2) is 6.99. The summed E-state index contributed by atoms with van der Waals surface area (Å²) < 4.78 is 26.1. The molecule has 1 aromatic rings. The molecular formula is C11H15Cl3N2O2S. The van der Waals surface area contributed by atoms with Crippen LogP contribution in [0.1, 0.15) is 13.8 Å². The van der Waals surface area contributed by atoms with E-state index in [-0.39, 0.29) is 27.5 Å². The summed E-state index contributed by atoms with van der Waals surface area (Å²) in [6.07, 6.45) is 0. The largest absolute Gasteiger partial charge is 0.313 e. The number of anilines is 1. The third-order valence-corrected chi connectivity index (χ3v) is 4.26. The lowest BCUT2D eigenvalue weighted by molar-refractivity contribution is 0.582. The van der Waals surface area contributed by atoms with E-state index in [4.69, 9.17) is 34.8 Å². The van der Waals surface area contributed by atoms with Gasteiger partial charge >= 0.3 is 0 Å². The SMILES string of the molecule is CC(C)NCCS(=O)(=O)Nc1c(Cl)cc(Cl)cc1Cl. The summed E-state index contributed by atoms with van der Waals surface area (Å²) >= 11 is 17.6. The van der Waals surface area contributed by atoms with E-state index in [1.165, 1.54) is 12.1 Å². The van der Waals surface area contributed by atoms with Crippen molar-refractivity contribution in [3.8, 4) is 0 Å². The van der Waals surface area contributed by atoms with Crippen LogP contribution >= 0.6 is 34.8 Å². The van der Waals surface area contributed by atoms with Crippen molar-refractivity contribution in [2.75, 3.05) is 17.0 Å². The summed E-state index contributed by atoms with van der Waals surface area (Å²) in [6, 6.07) is 3.08. The Morgan fingerprint density at radius 2 is 1.68 bits per heavy atom. The van der Waals surface area contributed by atoms with Gasteiger partial charge in [0.15, 0.2) is 0 Å². The van der Waals surface area contributed by atoms with Crippen LogP contribution in [-0.2, 0) is 10.0 Å².